The number of aryl methyl sites for hydroxylation is 2. The van der Waals surface area contributed by atoms with Gasteiger partial charge in [-0.1, -0.05) is 0 Å². The lowest BCUT2D eigenvalue weighted by Crippen LogP contribution is -2.07. The first-order valence-corrected chi connectivity index (χ1v) is 5.73. The maximum absolute atomic E-state index is 11.6. The second-order valence-corrected chi connectivity index (χ2v) is 3.80. The van der Waals surface area contributed by atoms with Gasteiger partial charge in [0.25, 0.3) is 5.82 Å². The minimum absolute atomic E-state index is 0.0176. The van der Waals surface area contributed by atoms with E-state index < -0.39 is 5.97 Å². The normalized spacial score (nSPS) is 10.5. The molecule has 102 valence electrons. The van der Waals surface area contributed by atoms with E-state index >= 15 is 0 Å². The van der Waals surface area contributed by atoms with Crippen LogP contribution in [0.15, 0.2) is 6.07 Å². The van der Waals surface area contributed by atoms with Gasteiger partial charge in [0, 0.05) is 20.2 Å². The van der Waals surface area contributed by atoms with Crippen LogP contribution in [0.3, 0.4) is 0 Å². The lowest BCUT2D eigenvalue weighted by atomic mass is 10.4. The Bertz CT molecular complexity index is 601. The Balaban J connectivity index is 2.37. The zero-order valence-corrected chi connectivity index (χ0v) is 11.2. The Kier molecular flexibility index (Phi) is 3.50. The molecule has 19 heavy (non-hydrogen) atoms. The van der Waals surface area contributed by atoms with Gasteiger partial charge in [0.1, 0.15) is 5.69 Å². The zero-order chi connectivity index (χ0) is 14.0. The van der Waals surface area contributed by atoms with Gasteiger partial charge >= 0.3 is 5.97 Å². The van der Waals surface area contributed by atoms with Crippen LogP contribution >= 0.6 is 0 Å². The van der Waals surface area contributed by atoms with Crippen molar-refractivity contribution < 1.29 is 14.3 Å². The van der Waals surface area contributed by atoms with Gasteiger partial charge in [-0.15, -0.1) is 5.10 Å². The number of nitrogens with zero attached hydrogens (tertiary/aromatic N) is 5. The summed E-state index contributed by atoms with van der Waals surface area (Å²) < 4.78 is 13.0. The predicted molar refractivity (Wildman–Crippen MR) is 65.7 cm³/mol. The highest BCUT2D eigenvalue weighted by Crippen LogP contribution is 2.20. The molecule has 2 rings (SSSR count). The molecule has 0 saturated heterocycles. The molecule has 2 heterocycles. The van der Waals surface area contributed by atoms with Crippen LogP contribution in [0.1, 0.15) is 17.5 Å². The molecule has 0 aromatic carbocycles. The van der Waals surface area contributed by atoms with E-state index in [-0.39, 0.29) is 12.4 Å². The van der Waals surface area contributed by atoms with E-state index in [0.29, 0.717) is 17.4 Å². The van der Waals surface area contributed by atoms with Crippen molar-refractivity contribution in [1.82, 2.24) is 24.5 Å². The fraction of sp³-hybridized carbons (Fsp3) is 0.455. The van der Waals surface area contributed by atoms with Crippen molar-refractivity contribution in [1.29, 1.82) is 0 Å². The number of rotatable bonds is 4. The molecule has 0 unspecified atom stereocenters. The van der Waals surface area contributed by atoms with Gasteiger partial charge in [0.2, 0.25) is 5.88 Å². The highest BCUT2D eigenvalue weighted by molar-refractivity contribution is 5.85. The van der Waals surface area contributed by atoms with Gasteiger partial charge in [-0.05, 0) is 6.92 Å². The van der Waals surface area contributed by atoms with E-state index in [1.165, 1.54) is 4.68 Å². The number of esters is 1. The highest BCUT2D eigenvalue weighted by Gasteiger charge is 2.19. The summed E-state index contributed by atoms with van der Waals surface area (Å²) in [4.78, 5) is 15.7. The lowest BCUT2D eigenvalue weighted by Gasteiger charge is -1.95. The zero-order valence-electron chi connectivity index (χ0n) is 11.2. The quantitative estimate of drug-likeness (QED) is 0.744. The summed E-state index contributed by atoms with van der Waals surface area (Å²) in [5.74, 6) is 0.536. The highest BCUT2D eigenvalue weighted by atomic mass is 16.5. The topological polar surface area (TPSA) is 84.1 Å². The molecule has 0 N–H and O–H groups in total. The van der Waals surface area contributed by atoms with E-state index in [2.05, 4.69) is 15.2 Å². The Labute approximate surface area is 110 Å². The molecule has 0 aliphatic rings. The smallest absolute Gasteiger partial charge is 0.378 e. The molecular formula is C11H15N5O3. The third-order valence-corrected chi connectivity index (χ3v) is 2.50. The average Bonchev–Trinajstić information content (AvgIpc) is 2.92. The van der Waals surface area contributed by atoms with Crippen molar-refractivity contribution in [3.63, 3.8) is 0 Å². The van der Waals surface area contributed by atoms with Crippen molar-refractivity contribution in [2.24, 2.45) is 14.1 Å². The van der Waals surface area contributed by atoms with Crippen LogP contribution < -0.4 is 4.74 Å². The van der Waals surface area contributed by atoms with Crippen molar-refractivity contribution >= 4 is 5.97 Å². The first kappa shape index (κ1) is 13.1. The number of ether oxygens (including phenoxy) is 2. The minimum Gasteiger partial charge on any atom is -0.481 e. The molecule has 0 atom stereocenters. The maximum Gasteiger partial charge on any atom is 0.378 e. The molecule has 0 aliphatic heterocycles. The van der Waals surface area contributed by atoms with Crippen LogP contribution in [0.4, 0.5) is 0 Å². The van der Waals surface area contributed by atoms with Gasteiger partial charge < -0.3 is 9.47 Å². The van der Waals surface area contributed by atoms with Crippen LogP contribution in [-0.2, 0) is 18.8 Å². The Morgan fingerprint density at radius 1 is 1.32 bits per heavy atom. The molecule has 8 nitrogen and oxygen atoms in total. The second-order valence-electron chi connectivity index (χ2n) is 3.80. The van der Waals surface area contributed by atoms with Crippen molar-refractivity contribution in [2.45, 2.75) is 6.92 Å². The summed E-state index contributed by atoms with van der Waals surface area (Å²) in [5, 5.41) is 8.26. The molecule has 2 aromatic heterocycles. The first-order chi connectivity index (χ1) is 9.06. The lowest BCUT2D eigenvalue weighted by molar-refractivity contribution is 0.0512. The van der Waals surface area contributed by atoms with Gasteiger partial charge in [0.05, 0.1) is 13.7 Å². The number of hydrogen-bond donors (Lipinski definition) is 0. The molecule has 0 saturated carbocycles. The Hall–Kier alpha value is -2.38. The number of carbonyl (C=O) groups excluding carboxylic acids is 1. The number of aromatic nitrogens is 5. The van der Waals surface area contributed by atoms with Crippen LogP contribution in [0, 0.1) is 0 Å². The summed E-state index contributed by atoms with van der Waals surface area (Å²) in [6.45, 7) is 2.01. The number of carbonyl (C=O) groups is 1. The fourth-order valence-electron chi connectivity index (χ4n) is 1.64. The summed E-state index contributed by atoms with van der Waals surface area (Å²) in [6, 6.07) is 1.72. The number of methoxy groups -OCH3 is 1. The molecule has 0 spiro atoms. The van der Waals surface area contributed by atoms with Crippen molar-refractivity contribution in [3.05, 3.63) is 11.9 Å². The van der Waals surface area contributed by atoms with Crippen molar-refractivity contribution in [3.8, 4) is 17.4 Å². The average molecular weight is 265 g/mol. The minimum atomic E-state index is -0.549. The van der Waals surface area contributed by atoms with Gasteiger partial charge in [-0.2, -0.15) is 10.1 Å². The Morgan fingerprint density at radius 2 is 2.05 bits per heavy atom. The SMILES string of the molecule is CCOC(=O)c1nc(-c2cc(OC)n(C)n2)n(C)n1. The standard InChI is InChI=1S/C11H15N5O3/c1-5-19-11(17)9-12-10(16(3)14-9)7-6-8(18-4)15(2)13-7/h6H,5H2,1-4H3. The van der Waals surface area contributed by atoms with Crippen LogP contribution in [0.5, 0.6) is 5.88 Å². The van der Waals surface area contributed by atoms with E-state index in [1.807, 2.05) is 0 Å². The van der Waals surface area contributed by atoms with E-state index in [9.17, 15) is 4.79 Å². The first-order valence-electron chi connectivity index (χ1n) is 5.73. The van der Waals surface area contributed by atoms with E-state index in [4.69, 9.17) is 9.47 Å². The molecule has 0 amide bonds. The second kappa shape index (κ2) is 5.09. The molecule has 0 bridgehead atoms. The third-order valence-electron chi connectivity index (χ3n) is 2.50. The van der Waals surface area contributed by atoms with Crippen LogP contribution in [0.25, 0.3) is 11.5 Å². The van der Waals surface area contributed by atoms with Gasteiger partial charge in [-0.3, -0.25) is 0 Å². The summed E-state index contributed by atoms with van der Waals surface area (Å²) >= 11 is 0. The summed E-state index contributed by atoms with van der Waals surface area (Å²) in [6.07, 6.45) is 0. The van der Waals surface area contributed by atoms with Gasteiger partial charge in [0.15, 0.2) is 5.82 Å². The third kappa shape index (κ3) is 2.42. The van der Waals surface area contributed by atoms with Crippen LogP contribution in [0.2, 0.25) is 0 Å². The molecule has 0 aliphatic carbocycles. The Morgan fingerprint density at radius 3 is 2.63 bits per heavy atom. The largest absolute Gasteiger partial charge is 0.481 e. The van der Waals surface area contributed by atoms with Gasteiger partial charge in [-0.25, -0.2) is 14.2 Å². The number of hydrogen-bond acceptors (Lipinski definition) is 6. The molecule has 8 heteroatoms. The summed E-state index contributed by atoms with van der Waals surface area (Å²) in [5.41, 5.74) is 0.574. The predicted octanol–water partition coefficient (Wildman–Crippen LogP) is 0.401. The van der Waals surface area contributed by atoms with E-state index in [1.54, 1.807) is 38.9 Å². The fourth-order valence-corrected chi connectivity index (χ4v) is 1.64. The summed E-state index contributed by atoms with van der Waals surface area (Å²) in [7, 11) is 5.00. The molecule has 0 fully saturated rings. The molecular weight excluding hydrogens is 250 g/mol. The van der Waals surface area contributed by atoms with E-state index in [0.717, 1.165) is 0 Å². The maximum atomic E-state index is 11.6. The monoisotopic (exact) mass is 265 g/mol. The van der Waals surface area contributed by atoms with Crippen molar-refractivity contribution in [2.75, 3.05) is 13.7 Å². The van der Waals surface area contributed by atoms with Crippen LogP contribution in [-0.4, -0.2) is 44.2 Å². The molecule has 2 aromatic rings. The molecule has 0 radical (unpaired) electrons.